The third kappa shape index (κ3) is 1.58. The molecule has 1 aromatic carbocycles. The van der Waals surface area contributed by atoms with E-state index in [4.69, 9.17) is 0 Å². The number of phenols is 1. The Labute approximate surface area is 79.0 Å². The number of phenolic OH excluding ortho intramolecular Hbond substituents is 1. The zero-order chi connectivity index (χ0) is 7.72. The van der Waals surface area contributed by atoms with Crippen molar-refractivity contribution in [2.45, 2.75) is 11.8 Å². The number of halogens is 1. The summed E-state index contributed by atoms with van der Waals surface area (Å²) in [6, 6.07) is 3.63. The molecule has 0 fully saturated rings. The molecule has 1 nitrogen and oxygen atoms in total. The van der Waals surface area contributed by atoms with Crippen LogP contribution in [0.2, 0.25) is 0 Å². The van der Waals surface area contributed by atoms with Crippen LogP contribution in [0.4, 0.5) is 0 Å². The molecule has 0 atom stereocenters. The van der Waals surface area contributed by atoms with Crippen molar-refractivity contribution in [3.63, 3.8) is 0 Å². The van der Waals surface area contributed by atoms with Gasteiger partial charge in [-0.3, -0.25) is 0 Å². The fraction of sp³-hybridized carbons (Fsp3) is 0.143. The summed E-state index contributed by atoms with van der Waals surface area (Å²) in [7, 11) is 0. The first-order valence-electron chi connectivity index (χ1n) is 2.79. The maximum atomic E-state index is 9.23. The van der Waals surface area contributed by atoms with E-state index in [2.05, 4.69) is 35.2 Å². The number of benzene rings is 1. The fourth-order valence-corrected chi connectivity index (χ4v) is 1.76. The van der Waals surface area contributed by atoms with E-state index < -0.39 is 0 Å². The van der Waals surface area contributed by atoms with Gasteiger partial charge in [-0.1, -0.05) is 0 Å². The number of rotatable bonds is 0. The summed E-state index contributed by atoms with van der Waals surface area (Å²) in [5, 5.41) is 9.23. The van der Waals surface area contributed by atoms with E-state index in [1.54, 1.807) is 6.07 Å². The van der Waals surface area contributed by atoms with Crippen molar-refractivity contribution in [2.24, 2.45) is 0 Å². The third-order valence-corrected chi connectivity index (χ3v) is 2.40. The minimum Gasteiger partial charge on any atom is -0.508 e. The lowest BCUT2D eigenvalue weighted by atomic mass is 10.2. The molecule has 0 bridgehead atoms. The Morgan fingerprint density at radius 1 is 1.50 bits per heavy atom. The zero-order valence-corrected chi connectivity index (χ0v) is 8.48. The Morgan fingerprint density at radius 2 is 2.10 bits per heavy atom. The highest BCUT2D eigenvalue weighted by atomic mass is 127. The summed E-state index contributed by atoms with van der Waals surface area (Å²) < 4.78 is 1.01. The molecule has 0 saturated heterocycles. The normalized spacial score (nSPS) is 9.90. The van der Waals surface area contributed by atoms with Gasteiger partial charge in [-0.2, -0.15) is 0 Å². The van der Waals surface area contributed by atoms with Crippen LogP contribution in [0, 0.1) is 10.5 Å². The molecule has 0 spiro atoms. The summed E-state index contributed by atoms with van der Waals surface area (Å²) >= 11 is 6.31. The van der Waals surface area contributed by atoms with E-state index in [0.717, 1.165) is 14.0 Å². The van der Waals surface area contributed by atoms with E-state index >= 15 is 0 Å². The summed E-state index contributed by atoms with van der Waals surface area (Å²) in [5.41, 5.74) is 0.837. The Balaban J connectivity index is 3.31. The summed E-state index contributed by atoms with van der Waals surface area (Å²) in [5.74, 6) is 0.317. The number of thiol groups is 1. The molecule has 0 heterocycles. The molecule has 0 aromatic heterocycles. The molecule has 0 aliphatic carbocycles. The smallest absolute Gasteiger partial charge is 0.120 e. The van der Waals surface area contributed by atoms with Crippen molar-refractivity contribution in [1.82, 2.24) is 0 Å². The number of aromatic hydroxyl groups is 1. The average Bonchev–Trinajstić information content (AvgIpc) is 1.82. The van der Waals surface area contributed by atoms with Crippen molar-refractivity contribution in [1.29, 1.82) is 0 Å². The highest BCUT2D eigenvalue weighted by Gasteiger charge is 2.00. The van der Waals surface area contributed by atoms with Crippen LogP contribution >= 0.6 is 35.2 Å². The lowest BCUT2D eigenvalue weighted by Crippen LogP contribution is -1.79. The molecule has 54 valence electrons. The molecule has 0 saturated carbocycles. The van der Waals surface area contributed by atoms with Crippen molar-refractivity contribution < 1.29 is 5.11 Å². The van der Waals surface area contributed by atoms with Crippen LogP contribution in [0.3, 0.4) is 0 Å². The first-order chi connectivity index (χ1) is 4.61. The van der Waals surface area contributed by atoms with Crippen LogP contribution in [-0.4, -0.2) is 5.11 Å². The predicted molar refractivity (Wildman–Crippen MR) is 52.8 cm³/mol. The van der Waals surface area contributed by atoms with Gasteiger partial charge in [-0.05, 0) is 41.6 Å². The Morgan fingerprint density at radius 3 is 2.60 bits per heavy atom. The van der Waals surface area contributed by atoms with Crippen molar-refractivity contribution in [2.75, 3.05) is 0 Å². The first-order valence-corrected chi connectivity index (χ1v) is 4.32. The molecule has 3 heteroatoms. The first kappa shape index (κ1) is 8.20. The van der Waals surface area contributed by atoms with Crippen LogP contribution in [0.1, 0.15) is 5.56 Å². The quantitative estimate of drug-likeness (QED) is 0.546. The molecular formula is C7H7IOS. The molecule has 0 aliphatic rings. The van der Waals surface area contributed by atoms with Gasteiger partial charge in [-0.25, -0.2) is 0 Å². The highest BCUT2D eigenvalue weighted by Crippen LogP contribution is 2.25. The minimum absolute atomic E-state index is 0.317. The summed E-state index contributed by atoms with van der Waals surface area (Å²) in [4.78, 5) is 0.837. The molecular weight excluding hydrogens is 259 g/mol. The van der Waals surface area contributed by atoms with Crippen LogP contribution in [-0.2, 0) is 0 Å². The summed E-state index contributed by atoms with van der Waals surface area (Å²) in [6.07, 6.45) is 0. The average molecular weight is 266 g/mol. The minimum atomic E-state index is 0.317. The standard InChI is InChI=1S/C7H7IOS/c1-4-6(9)2-5(8)3-7(4)10/h2-3,9-10H,1H3. The van der Waals surface area contributed by atoms with Gasteiger partial charge in [0, 0.05) is 14.0 Å². The van der Waals surface area contributed by atoms with Gasteiger partial charge in [0.05, 0.1) is 0 Å². The van der Waals surface area contributed by atoms with E-state index in [1.807, 2.05) is 13.0 Å². The predicted octanol–water partition coefficient (Wildman–Crippen LogP) is 2.59. The van der Waals surface area contributed by atoms with Crippen LogP contribution < -0.4 is 0 Å². The monoisotopic (exact) mass is 266 g/mol. The second-order valence-corrected chi connectivity index (χ2v) is 3.80. The largest absolute Gasteiger partial charge is 0.508 e. The maximum Gasteiger partial charge on any atom is 0.120 e. The molecule has 1 aromatic rings. The Hall–Kier alpha value is 0.1000. The fourth-order valence-electron chi connectivity index (χ4n) is 0.651. The molecule has 0 unspecified atom stereocenters. The second-order valence-electron chi connectivity index (χ2n) is 2.07. The van der Waals surface area contributed by atoms with E-state index in [9.17, 15) is 5.11 Å². The van der Waals surface area contributed by atoms with Gasteiger partial charge >= 0.3 is 0 Å². The lowest BCUT2D eigenvalue weighted by molar-refractivity contribution is 0.468. The van der Waals surface area contributed by atoms with Gasteiger partial charge in [0.1, 0.15) is 5.75 Å². The SMILES string of the molecule is Cc1c(O)cc(I)cc1S. The third-order valence-electron chi connectivity index (χ3n) is 1.32. The molecule has 10 heavy (non-hydrogen) atoms. The van der Waals surface area contributed by atoms with Crippen molar-refractivity contribution in [3.05, 3.63) is 21.3 Å². The zero-order valence-electron chi connectivity index (χ0n) is 5.43. The van der Waals surface area contributed by atoms with Crippen molar-refractivity contribution >= 4 is 35.2 Å². The van der Waals surface area contributed by atoms with Gasteiger partial charge in [0.2, 0.25) is 0 Å². The van der Waals surface area contributed by atoms with E-state index in [0.29, 0.717) is 5.75 Å². The molecule has 1 N–H and O–H groups in total. The molecule has 0 amide bonds. The molecule has 1 rings (SSSR count). The topological polar surface area (TPSA) is 20.2 Å². The maximum absolute atomic E-state index is 9.23. The van der Waals surface area contributed by atoms with Crippen LogP contribution in [0.25, 0.3) is 0 Å². The Kier molecular flexibility index (Phi) is 2.46. The van der Waals surface area contributed by atoms with E-state index in [1.165, 1.54) is 0 Å². The van der Waals surface area contributed by atoms with E-state index in [-0.39, 0.29) is 0 Å². The van der Waals surface area contributed by atoms with Crippen molar-refractivity contribution in [3.8, 4) is 5.75 Å². The van der Waals surface area contributed by atoms with Gasteiger partial charge in [0.25, 0.3) is 0 Å². The lowest BCUT2D eigenvalue weighted by Gasteiger charge is -2.01. The Bertz CT molecular complexity index is 237. The van der Waals surface area contributed by atoms with Crippen LogP contribution in [0.5, 0.6) is 5.75 Å². The van der Waals surface area contributed by atoms with Crippen LogP contribution in [0.15, 0.2) is 17.0 Å². The number of hydrogen-bond acceptors (Lipinski definition) is 2. The second kappa shape index (κ2) is 3.00. The van der Waals surface area contributed by atoms with Gasteiger partial charge in [0.15, 0.2) is 0 Å². The molecule has 0 radical (unpaired) electrons. The highest BCUT2D eigenvalue weighted by molar-refractivity contribution is 14.1. The van der Waals surface area contributed by atoms with Gasteiger partial charge in [-0.15, -0.1) is 12.6 Å². The summed E-state index contributed by atoms with van der Waals surface area (Å²) in [6.45, 7) is 1.84. The molecule has 0 aliphatic heterocycles. The van der Waals surface area contributed by atoms with Gasteiger partial charge < -0.3 is 5.11 Å². The number of hydrogen-bond donors (Lipinski definition) is 2.